The van der Waals surface area contributed by atoms with E-state index in [2.05, 4.69) is 9.71 Å². The minimum atomic E-state index is -3.61. The molecule has 3 N–H and O–H groups in total. The quantitative estimate of drug-likeness (QED) is 0.882. The number of nitrogens with one attached hydrogen (secondary N) is 1. The zero-order chi connectivity index (χ0) is 15.7. The van der Waals surface area contributed by atoms with Crippen LogP contribution in [0.1, 0.15) is 19.5 Å². The summed E-state index contributed by atoms with van der Waals surface area (Å²) in [4.78, 5) is 4.60. The molecule has 21 heavy (non-hydrogen) atoms. The largest absolute Gasteiger partial charge is 0.329 e. The van der Waals surface area contributed by atoms with Gasteiger partial charge in [0.2, 0.25) is 10.0 Å². The molecule has 7 heteroatoms. The van der Waals surface area contributed by atoms with Gasteiger partial charge in [-0.3, -0.25) is 0 Å². The molecule has 0 amide bonds. The van der Waals surface area contributed by atoms with E-state index in [9.17, 15) is 8.42 Å². The number of aryl methyl sites for hydroxylation is 1. The van der Waals surface area contributed by atoms with Crippen molar-refractivity contribution in [3.8, 4) is 10.6 Å². The molecule has 0 saturated heterocycles. The molecule has 0 saturated carbocycles. The fourth-order valence-electron chi connectivity index (χ4n) is 1.75. The maximum absolute atomic E-state index is 12.4. The number of sulfonamides is 1. The van der Waals surface area contributed by atoms with Crippen LogP contribution >= 0.6 is 11.3 Å². The lowest BCUT2D eigenvalue weighted by Gasteiger charge is -2.23. The maximum Gasteiger partial charge on any atom is 0.241 e. The van der Waals surface area contributed by atoms with Crippen LogP contribution in [0, 0.1) is 6.92 Å². The van der Waals surface area contributed by atoms with Crippen LogP contribution < -0.4 is 10.5 Å². The van der Waals surface area contributed by atoms with Crippen molar-refractivity contribution in [2.75, 3.05) is 6.54 Å². The number of thiazole rings is 1. The van der Waals surface area contributed by atoms with Gasteiger partial charge in [0.1, 0.15) is 5.01 Å². The number of benzene rings is 1. The fourth-order valence-corrected chi connectivity index (χ4v) is 4.01. The molecule has 0 fully saturated rings. The minimum Gasteiger partial charge on any atom is -0.329 e. The van der Waals surface area contributed by atoms with Gasteiger partial charge in [-0.05, 0) is 32.9 Å². The molecule has 2 rings (SSSR count). The van der Waals surface area contributed by atoms with Crippen molar-refractivity contribution in [1.29, 1.82) is 0 Å². The summed E-state index contributed by atoms with van der Waals surface area (Å²) in [5.74, 6) is 0. The summed E-state index contributed by atoms with van der Waals surface area (Å²) in [6.45, 7) is 5.63. The average molecular weight is 325 g/mol. The van der Waals surface area contributed by atoms with E-state index in [-0.39, 0.29) is 11.4 Å². The summed E-state index contributed by atoms with van der Waals surface area (Å²) < 4.78 is 27.4. The lowest BCUT2D eigenvalue weighted by Crippen LogP contribution is -2.48. The van der Waals surface area contributed by atoms with Gasteiger partial charge < -0.3 is 5.73 Å². The standard InChI is InChI=1S/C14H19N3O2S2/c1-10-8-20-13(16-10)11-5-4-6-12(7-11)21(18,19)17-14(2,3)9-15/h4-8,17H,9,15H2,1-3H3. The normalized spacial score (nSPS) is 12.6. The predicted octanol–water partition coefficient (Wildman–Crippen LogP) is 2.13. The van der Waals surface area contributed by atoms with E-state index in [1.54, 1.807) is 32.0 Å². The van der Waals surface area contributed by atoms with Crippen molar-refractivity contribution in [3.05, 3.63) is 35.3 Å². The number of aromatic nitrogens is 1. The molecule has 0 atom stereocenters. The first-order valence-electron chi connectivity index (χ1n) is 6.50. The SMILES string of the molecule is Cc1csc(-c2cccc(S(=O)(=O)NC(C)(C)CN)c2)n1. The Morgan fingerprint density at radius 3 is 2.67 bits per heavy atom. The molecular weight excluding hydrogens is 306 g/mol. The van der Waals surface area contributed by atoms with Crippen molar-refractivity contribution in [2.45, 2.75) is 31.2 Å². The van der Waals surface area contributed by atoms with Crippen LogP contribution in [0.5, 0.6) is 0 Å². The number of hydrogen-bond acceptors (Lipinski definition) is 5. The number of nitrogens with zero attached hydrogens (tertiary/aromatic N) is 1. The van der Waals surface area contributed by atoms with Gasteiger partial charge in [-0.25, -0.2) is 18.1 Å². The smallest absolute Gasteiger partial charge is 0.241 e. The first kappa shape index (κ1) is 16.1. The van der Waals surface area contributed by atoms with Crippen LogP contribution in [0.25, 0.3) is 10.6 Å². The van der Waals surface area contributed by atoms with Crippen molar-refractivity contribution in [2.24, 2.45) is 5.73 Å². The fraction of sp³-hybridized carbons (Fsp3) is 0.357. The lowest BCUT2D eigenvalue weighted by atomic mass is 10.1. The zero-order valence-electron chi connectivity index (χ0n) is 12.3. The minimum absolute atomic E-state index is 0.217. The monoisotopic (exact) mass is 325 g/mol. The molecule has 1 aromatic carbocycles. The molecule has 0 aliphatic rings. The van der Waals surface area contributed by atoms with E-state index in [0.29, 0.717) is 0 Å². The third kappa shape index (κ3) is 3.88. The second kappa shape index (κ2) is 5.84. The van der Waals surface area contributed by atoms with Crippen LogP contribution in [0.15, 0.2) is 34.5 Å². The van der Waals surface area contributed by atoms with Crippen LogP contribution in [0.3, 0.4) is 0 Å². The highest BCUT2D eigenvalue weighted by atomic mass is 32.2. The molecule has 2 aromatic rings. The van der Waals surface area contributed by atoms with Gasteiger partial charge >= 0.3 is 0 Å². The van der Waals surface area contributed by atoms with Crippen molar-refractivity contribution in [1.82, 2.24) is 9.71 Å². The van der Waals surface area contributed by atoms with E-state index in [4.69, 9.17) is 5.73 Å². The zero-order valence-corrected chi connectivity index (χ0v) is 13.9. The average Bonchev–Trinajstić information content (AvgIpc) is 2.85. The Bertz CT molecular complexity index is 736. The highest BCUT2D eigenvalue weighted by molar-refractivity contribution is 7.89. The summed E-state index contributed by atoms with van der Waals surface area (Å²) in [6, 6.07) is 6.77. The van der Waals surface area contributed by atoms with Gasteiger partial charge in [-0.15, -0.1) is 11.3 Å². The third-order valence-corrected chi connectivity index (χ3v) is 5.64. The number of hydrogen-bond donors (Lipinski definition) is 2. The Labute approximate surface area is 129 Å². The maximum atomic E-state index is 12.4. The Kier molecular flexibility index (Phi) is 4.48. The van der Waals surface area contributed by atoms with Gasteiger partial charge in [0, 0.05) is 28.7 Å². The lowest BCUT2D eigenvalue weighted by molar-refractivity contribution is 0.462. The molecular formula is C14H19N3O2S2. The van der Waals surface area contributed by atoms with Crippen molar-refractivity contribution < 1.29 is 8.42 Å². The molecule has 0 spiro atoms. The Morgan fingerprint density at radius 1 is 1.38 bits per heavy atom. The second-order valence-electron chi connectivity index (χ2n) is 5.52. The Balaban J connectivity index is 2.37. The molecule has 114 valence electrons. The Morgan fingerprint density at radius 2 is 2.10 bits per heavy atom. The van der Waals surface area contributed by atoms with E-state index in [0.717, 1.165) is 16.3 Å². The van der Waals surface area contributed by atoms with Gasteiger partial charge in [0.15, 0.2) is 0 Å². The Hall–Kier alpha value is -1.28. The third-order valence-electron chi connectivity index (χ3n) is 2.93. The number of rotatable bonds is 5. The van der Waals surface area contributed by atoms with E-state index in [1.165, 1.54) is 11.3 Å². The predicted molar refractivity (Wildman–Crippen MR) is 85.7 cm³/mol. The molecule has 5 nitrogen and oxygen atoms in total. The molecule has 0 aliphatic carbocycles. The van der Waals surface area contributed by atoms with Gasteiger partial charge in [0.05, 0.1) is 4.90 Å². The van der Waals surface area contributed by atoms with Crippen LogP contribution in [-0.4, -0.2) is 25.5 Å². The number of nitrogens with two attached hydrogens (primary N) is 1. The second-order valence-corrected chi connectivity index (χ2v) is 8.06. The van der Waals surface area contributed by atoms with Gasteiger partial charge in [-0.2, -0.15) is 0 Å². The first-order valence-corrected chi connectivity index (χ1v) is 8.86. The van der Waals surface area contributed by atoms with E-state index >= 15 is 0 Å². The van der Waals surface area contributed by atoms with Gasteiger partial charge in [0.25, 0.3) is 0 Å². The van der Waals surface area contributed by atoms with Crippen molar-refractivity contribution >= 4 is 21.4 Å². The highest BCUT2D eigenvalue weighted by Crippen LogP contribution is 2.26. The molecule has 0 unspecified atom stereocenters. The highest BCUT2D eigenvalue weighted by Gasteiger charge is 2.25. The molecule has 1 aromatic heterocycles. The molecule has 0 aliphatic heterocycles. The molecule has 0 bridgehead atoms. The first-order chi connectivity index (χ1) is 9.73. The summed E-state index contributed by atoms with van der Waals surface area (Å²) in [6.07, 6.45) is 0. The van der Waals surface area contributed by atoms with Crippen LogP contribution in [0.2, 0.25) is 0 Å². The van der Waals surface area contributed by atoms with Crippen LogP contribution in [0.4, 0.5) is 0 Å². The summed E-state index contributed by atoms with van der Waals surface area (Å²) in [5.41, 5.74) is 6.61. The van der Waals surface area contributed by atoms with E-state index in [1.807, 2.05) is 18.4 Å². The summed E-state index contributed by atoms with van der Waals surface area (Å²) in [5, 5.41) is 2.74. The van der Waals surface area contributed by atoms with Crippen molar-refractivity contribution in [3.63, 3.8) is 0 Å². The summed E-state index contributed by atoms with van der Waals surface area (Å²) >= 11 is 1.49. The summed E-state index contributed by atoms with van der Waals surface area (Å²) in [7, 11) is -3.61. The van der Waals surface area contributed by atoms with Crippen LogP contribution in [-0.2, 0) is 10.0 Å². The van der Waals surface area contributed by atoms with Gasteiger partial charge in [-0.1, -0.05) is 12.1 Å². The molecule has 1 heterocycles. The van der Waals surface area contributed by atoms with E-state index < -0.39 is 15.6 Å². The molecule has 0 radical (unpaired) electrons. The topological polar surface area (TPSA) is 85.1 Å².